The summed E-state index contributed by atoms with van der Waals surface area (Å²) in [6.07, 6.45) is 0. The van der Waals surface area contributed by atoms with Crippen molar-refractivity contribution in [1.29, 1.82) is 0 Å². The third-order valence-electron chi connectivity index (χ3n) is 2.81. The highest BCUT2D eigenvalue weighted by Gasteiger charge is 2.26. The normalized spacial score (nSPS) is 9.87. The van der Waals surface area contributed by atoms with Crippen LogP contribution in [0, 0.1) is 10.1 Å². The van der Waals surface area contributed by atoms with Crippen molar-refractivity contribution < 1.29 is 24.0 Å². The Bertz CT molecular complexity index is 645. The molecule has 0 heterocycles. The lowest BCUT2D eigenvalue weighted by molar-refractivity contribution is -0.384. The van der Waals surface area contributed by atoms with Crippen LogP contribution in [-0.4, -0.2) is 47.7 Å². The summed E-state index contributed by atoms with van der Waals surface area (Å²) in [5, 5.41) is 13.0. The topological polar surface area (TPSA) is 145 Å². The maximum atomic E-state index is 12.0. The third kappa shape index (κ3) is 4.48. The Kier molecular flexibility index (Phi) is 6.15. The zero-order chi connectivity index (χ0) is 17.6. The minimum atomic E-state index is -1.13. The first-order chi connectivity index (χ1) is 10.8. The molecule has 0 unspecified atom stereocenters. The first kappa shape index (κ1) is 18.0. The predicted molar refractivity (Wildman–Crippen MR) is 79.7 cm³/mol. The van der Waals surface area contributed by atoms with E-state index in [2.05, 4.69) is 5.32 Å². The number of non-ortho nitro benzene ring substituents is 1. The second kappa shape index (κ2) is 7.84. The molecular weight excluding hydrogens is 308 g/mol. The number of rotatable bonds is 5. The van der Waals surface area contributed by atoms with E-state index in [0.717, 1.165) is 13.0 Å². The Labute approximate surface area is 131 Å². The van der Waals surface area contributed by atoms with E-state index in [4.69, 9.17) is 10.5 Å². The van der Waals surface area contributed by atoms with E-state index in [9.17, 15) is 24.5 Å². The lowest BCUT2D eigenvalue weighted by Crippen LogP contribution is -2.44. The zero-order valence-electron chi connectivity index (χ0n) is 12.6. The van der Waals surface area contributed by atoms with Crippen LogP contribution in [0.25, 0.3) is 0 Å². The van der Waals surface area contributed by atoms with Crippen molar-refractivity contribution in [3.63, 3.8) is 0 Å². The highest BCUT2D eigenvalue weighted by molar-refractivity contribution is 6.41. The number of carbonyl (C=O) groups excluding carboxylic acids is 3. The van der Waals surface area contributed by atoms with Gasteiger partial charge in [0.15, 0.2) is 0 Å². The maximum Gasteiger partial charge on any atom is 0.318 e. The molecule has 0 aliphatic rings. The zero-order valence-corrected chi connectivity index (χ0v) is 12.6. The monoisotopic (exact) mass is 324 g/mol. The molecule has 0 fully saturated rings. The SMILES string of the molecule is COc1ccc([N+](=O)[O-])cc1NC(=O)C(=O)N(CCN)C(C)=O. The average molecular weight is 324 g/mol. The highest BCUT2D eigenvalue weighted by atomic mass is 16.6. The van der Waals surface area contributed by atoms with Gasteiger partial charge in [-0.25, -0.2) is 0 Å². The molecule has 0 bridgehead atoms. The highest BCUT2D eigenvalue weighted by Crippen LogP contribution is 2.28. The Morgan fingerprint density at radius 3 is 2.52 bits per heavy atom. The fourth-order valence-electron chi connectivity index (χ4n) is 1.74. The standard InChI is InChI=1S/C13H16N4O6/c1-8(18)16(6-5-14)13(20)12(19)15-10-7-9(17(21)22)3-4-11(10)23-2/h3-4,7H,5-6,14H2,1-2H3,(H,15,19). The number of imide groups is 1. The van der Waals surface area contributed by atoms with Gasteiger partial charge in [-0.1, -0.05) is 0 Å². The number of nitrogens with two attached hydrogens (primary N) is 1. The van der Waals surface area contributed by atoms with Gasteiger partial charge in [0, 0.05) is 32.1 Å². The number of hydrogen-bond acceptors (Lipinski definition) is 7. The summed E-state index contributed by atoms with van der Waals surface area (Å²) in [6.45, 7) is 1.00. The number of methoxy groups -OCH3 is 1. The fourth-order valence-corrected chi connectivity index (χ4v) is 1.74. The number of nitro groups is 1. The summed E-state index contributed by atoms with van der Waals surface area (Å²) < 4.78 is 4.97. The van der Waals surface area contributed by atoms with Gasteiger partial charge in [-0.15, -0.1) is 0 Å². The predicted octanol–water partition coefficient (Wildman–Crippen LogP) is -0.124. The van der Waals surface area contributed by atoms with Crippen molar-refractivity contribution in [2.45, 2.75) is 6.92 Å². The van der Waals surface area contributed by atoms with Gasteiger partial charge in [0.05, 0.1) is 17.7 Å². The molecule has 1 rings (SSSR count). The molecule has 3 N–H and O–H groups in total. The molecule has 1 aromatic carbocycles. The lowest BCUT2D eigenvalue weighted by atomic mass is 10.2. The number of benzene rings is 1. The van der Waals surface area contributed by atoms with Crippen molar-refractivity contribution in [2.75, 3.05) is 25.5 Å². The second-order valence-corrected chi connectivity index (χ2v) is 4.36. The van der Waals surface area contributed by atoms with E-state index >= 15 is 0 Å². The first-order valence-corrected chi connectivity index (χ1v) is 6.47. The number of nitrogens with one attached hydrogen (secondary N) is 1. The first-order valence-electron chi connectivity index (χ1n) is 6.47. The van der Waals surface area contributed by atoms with Gasteiger partial charge in [-0.2, -0.15) is 0 Å². The quantitative estimate of drug-likeness (QED) is 0.436. The van der Waals surface area contributed by atoms with Crippen LogP contribution in [0.15, 0.2) is 18.2 Å². The van der Waals surface area contributed by atoms with Crippen LogP contribution in [0.2, 0.25) is 0 Å². The van der Waals surface area contributed by atoms with Gasteiger partial charge < -0.3 is 15.8 Å². The van der Waals surface area contributed by atoms with Gasteiger partial charge in [-0.3, -0.25) is 29.4 Å². The van der Waals surface area contributed by atoms with Crippen LogP contribution in [0.5, 0.6) is 5.75 Å². The molecule has 0 spiro atoms. The van der Waals surface area contributed by atoms with Crippen LogP contribution >= 0.6 is 0 Å². The van der Waals surface area contributed by atoms with Crippen LogP contribution in [-0.2, 0) is 14.4 Å². The van der Waals surface area contributed by atoms with Gasteiger partial charge >= 0.3 is 11.8 Å². The molecule has 3 amide bonds. The summed E-state index contributed by atoms with van der Waals surface area (Å²) in [5.41, 5.74) is 4.93. The molecule has 0 aliphatic heterocycles. The van der Waals surface area contributed by atoms with Gasteiger partial charge in [0.2, 0.25) is 5.91 Å². The number of nitro benzene ring substituents is 1. The molecule has 10 nitrogen and oxygen atoms in total. The Balaban J connectivity index is 3.03. The number of nitrogens with zero attached hydrogens (tertiary/aromatic N) is 2. The minimum absolute atomic E-state index is 0.00126. The fraction of sp³-hybridized carbons (Fsp3) is 0.308. The van der Waals surface area contributed by atoms with Gasteiger partial charge in [-0.05, 0) is 6.07 Å². The van der Waals surface area contributed by atoms with E-state index in [1.54, 1.807) is 0 Å². The van der Waals surface area contributed by atoms with E-state index in [0.29, 0.717) is 4.90 Å². The van der Waals surface area contributed by atoms with Crippen molar-refractivity contribution >= 4 is 29.1 Å². The van der Waals surface area contributed by atoms with Gasteiger partial charge in [0.1, 0.15) is 5.75 Å². The Morgan fingerprint density at radius 2 is 2.04 bits per heavy atom. The van der Waals surface area contributed by atoms with E-state index in [1.807, 2.05) is 0 Å². The number of hydrogen-bond donors (Lipinski definition) is 2. The Hall–Kier alpha value is -3.01. The Morgan fingerprint density at radius 1 is 1.39 bits per heavy atom. The third-order valence-corrected chi connectivity index (χ3v) is 2.81. The van der Waals surface area contributed by atoms with Gasteiger partial charge in [0.25, 0.3) is 5.69 Å². The molecule has 0 saturated heterocycles. The maximum absolute atomic E-state index is 12.0. The summed E-state index contributed by atoms with van der Waals surface area (Å²) >= 11 is 0. The van der Waals surface area contributed by atoms with E-state index < -0.39 is 22.6 Å². The van der Waals surface area contributed by atoms with Crippen LogP contribution in [0.3, 0.4) is 0 Å². The van der Waals surface area contributed by atoms with Crippen LogP contribution < -0.4 is 15.8 Å². The van der Waals surface area contributed by atoms with Crippen molar-refractivity contribution in [3.8, 4) is 5.75 Å². The molecule has 23 heavy (non-hydrogen) atoms. The smallest absolute Gasteiger partial charge is 0.318 e. The lowest BCUT2D eigenvalue weighted by Gasteiger charge is -2.17. The molecule has 0 aromatic heterocycles. The average Bonchev–Trinajstić information content (AvgIpc) is 2.51. The molecule has 124 valence electrons. The number of anilines is 1. The van der Waals surface area contributed by atoms with E-state index in [1.165, 1.54) is 19.2 Å². The molecule has 0 radical (unpaired) electrons. The molecule has 10 heteroatoms. The van der Waals surface area contributed by atoms with Crippen LogP contribution in [0.1, 0.15) is 6.92 Å². The molecule has 0 atom stereocenters. The summed E-state index contributed by atoms with van der Waals surface area (Å²) in [5.74, 6) is -2.75. The number of carbonyl (C=O) groups is 3. The molecule has 0 saturated carbocycles. The molecular formula is C13H16N4O6. The number of amides is 3. The van der Waals surface area contributed by atoms with Crippen LogP contribution in [0.4, 0.5) is 11.4 Å². The number of ether oxygens (including phenoxy) is 1. The van der Waals surface area contributed by atoms with E-state index in [-0.39, 0.29) is 30.2 Å². The summed E-state index contributed by atoms with van der Waals surface area (Å²) in [6, 6.07) is 3.51. The largest absolute Gasteiger partial charge is 0.495 e. The summed E-state index contributed by atoms with van der Waals surface area (Å²) in [4.78, 5) is 46.1. The van der Waals surface area contributed by atoms with Crippen molar-refractivity contribution in [3.05, 3.63) is 28.3 Å². The second-order valence-electron chi connectivity index (χ2n) is 4.36. The summed E-state index contributed by atoms with van der Waals surface area (Å²) in [7, 11) is 1.30. The molecule has 0 aliphatic carbocycles. The van der Waals surface area contributed by atoms with Crippen molar-refractivity contribution in [2.24, 2.45) is 5.73 Å². The van der Waals surface area contributed by atoms with Crippen molar-refractivity contribution in [1.82, 2.24) is 4.90 Å². The minimum Gasteiger partial charge on any atom is -0.495 e. The molecule has 1 aromatic rings.